The SMILES string of the molecule is CCc1n[nH]c(CN2[C@@H]3CC[C@H]2[C@@](CCC(C)C)(C(=O)NC2CCOCC2)C3)n1. The molecule has 1 amide bonds. The minimum atomic E-state index is -0.265. The summed E-state index contributed by atoms with van der Waals surface area (Å²) in [5.41, 5.74) is -0.265. The lowest BCUT2D eigenvalue weighted by Crippen LogP contribution is -2.52. The summed E-state index contributed by atoms with van der Waals surface area (Å²) in [6, 6.07) is 1.05. The molecule has 29 heavy (non-hydrogen) atoms. The number of nitrogens with one attached hydrogen (secondary N) is 2. The first kappa shape index (κ1) is 20.8. The van der Waals surface area contributed by atoms with Crippen LogP contribution in [0.4, 0.5) is 0 Å². The zero-order valence-electron chi connectivity index (χ0n) is 18.2. The Morgan fingerprint density at radius 3 is 2.79 bits per heavy atom. The number of carbonyl (C=O) groups excluding carboxylic acids is 1. The van der Waals surface area contributed by atoms with Crippen LogP contribution in [0.2, 0.25) is 0 Å². The lowest BCUT2D eigenvalue weighted by atomic mass is 9.69. The number of nitrogens with zero attached hydrogens (tertiary/aromatic N) is 3. The third-order valence-electron chi connectivity index (χ3n) is 7.28. The number of aryl methyl sites for hydroxylation is 1. The Bertz CT molecular complexity index is 699. The van der Waals surface area contributed by atoms with Crippen LogP contribution in [0.3, 0.4) is 0 Å². The molecule has 0 saturated carbocycles. The quantitative estimate of drug-likeness (QED) is 0.697. The lowest BCUT2D eigenvalue weighted by Gasteiger charge is -2.38. The Balaban J connectivity index is 1.52. The minimum Gasteiger partial charge on any atom is -0.381 e. The van der Waals surface area contributed by atoms with Crippen molar-refractivity contribution in [1.29, 1.82) is 0 Å². The van der Waals surface area contributed by atoms with Crippen LogP contribution in [0.5, 0.6) is 0 Å². The molecule has 2 bridgehead atoms. The molecule has 1 aromatic heterocycles. The van der Waals surface area contributed by atoms with Crippen molar-refractivity contribution < 1.29 is 9.53 Å². The second-order valence-corrected chi connectivity index (χ2v) is 9.62. The molecule has 0 aliphatic carbocycles. The summed E-state index contributed by atoms with van der Waals surface area (Å²) in [7, 11) is 0. The smallest absolute Gasteiger partial charge is 0.228 e. The standard InChI is InChI=1S/C22H37N5O2/c1-4-19-24-20(26-25-19)14-27-17-5-6-18(27)22(13-17,10-7-15(2)3)21(28)23-16-8-11-29-12-9-16/h15-18H,4-14H2,1-3H3,(H,23,28)(H,24,25,26)/t17-,18+,22+/m1/s1. The summed E-state index contributed by atoms with van der Waals surface area (Å²) in [5.74, 6) is 2.70. The van der Waals surface area contributed by atoms with E-state index in [4.69, 9.17) is 4.74 Å². The van der Waals surface area contributed by atoms with Crippen LogP contribution in [-0.4, -0.2) is 57.3 Å². The highest BCUT2D eigenvalue weighted by atomic mass is 16.5. The molecule has 4 rings (SSSR count). The molecular formula is C22H37N5O2. The van der Waals surface area contributed by atoms with Crippen molar-refractivity contribution in [1.82, 2.24) is 25.4 Å². The Labute approximate surface area is 174 Å². The lowest BCUT2D eigenvalue weighted by molar-refractivity contribution is -0.135. The first-order valence-corrected chi connectivity index (χ1v) is 11.6. The van der Waals surface area contributed by atoms with Crippen molar-refractivity contribution in [2.45, 2.75) is 96.8 Å². The molecule has 3 aliphatic rings. The predicted octanol–water partition coefficient (Wildman–Crippen LogP) is 2.82. The molecule has 3 aliphatic heterocycles. The zero-order chi connectivity index (χ0) is 20.4. The number of carbonyl (C=O) groups is 1. The molecule has 3 atom stereocenters. The van der Waals surface area contributed by atoms with Crippen molar-refractivity contribution in [2.24, 2.45) is 11.3 Å². The number of aromatic amines is 1. The summed E-state index contributed by atoms with van der Waals surface area (Å²) >= 11 is 0. The van der Waals surface area contributed by atoms with Crippen molar-refractivity contribution in [3.8, 4) is 0 Å². The molecule has 2 N–H and O–H groups in total. The van der Waals surface area contributed by atoms with Crippen LogP contribution in [0.1, 0.15) is 77.4 Å². The van der Waals surface area contributed by atoms with E-state index in [1.807, 2.05) is 0 Å². The van der Waals surface area contributed by atoms with Gasteiger partial charge in [-0.3, -0.25) is 14.8 Å². The maximum absolute atomic E-state index is 13.7. The van der Waals surface area contributed by atoms with E-state index in [1.165, 1.54) is 6.42 Å². The molecule has 3 fully saturated rings. The van der Waals surface area contributed by atoms with Crippen LogP contribution in [-0.2, 0) is 22.5 Å². The van der Waals surface area contributed by atoms with Gasteiger partial charge in [0.1, 0.15) is 11.6 Å². The molecule has 0 unspecified atom stereocenters. The van der Waals surface area contributed by atoms with Gasteiger partial charge in [-0.15, -0.1) is 0 Å². The average molecular weight is 404 g/mol. The summed E-state index contributed by atoms with van der Waals surface area (Å²) in [5, 5.41) is 10.8. The number of rotatable bonds is 8. The largest absolute Gasteiger partial charge is 0.381 e. The van der Waals surface area contributed by atoms with Gasteiger partial charge in [0, 0.05) is 37.8 Å². The normalized spacial score (nSPS) is 30.3. The van der Waals surface area contributed by atoms with Gasteiger partial charge in [0.25, 0.3) is 0 Å². The number of aromatic nitrogens is 3. The molecule has 162 valence electrons. The van der Waals surface area contributed by atoms with Crippen LogP contribution in [0.15, 0.2) is 0 Å². The van der Waals surface area contributed by atoms with Gasteiger partial charge in [0.15, 0.2) is 0 Å². The summed E-state index contributed by atoms with van der Waals surface area (Å²) < 4.78 is 5.48. The van der Waals surface area contributed by atoms with Crippen molar-refractivity contribution in [3.05, 3.63) is 11.6 Å². The number of hydrogen-bond acceptors (Lipinski definition) is 5. The minimum absolute atomic E-state index is 0.265. The fraction of sp³-hybridized carbons (Fsp3) is 0.864. The highest BCUT2D eigenvalue weighted by Crippen LogP contribution is 2.53. The van der Waals surface area contributed by atoms with Gasteiger partial charge in [0.2, 0.25) is 5.91 Å². The van der Waals surface area contributed by atoms with Crippen molar-refractivity contribution in [3.63, 3.8) is 0 Å². The van der Waals surface area contributed by atoms with Gasteiger partial charge in [-0.1, -0.05) is 20.8 Å². The fourth-order valence-corrected chi connectivity index (χ4v) is 5.63. The van der Waals surface area contributed by atoms with Gasteiger partial charge in [-0.25, -0.2) is 4.98 Å². The third kappa shape index (κ3) is 4.22. The second-order valence-electron chi connectivity index (χ2n) is 9.62. The number of fused-ring (bicyclic) bond motifs is 2. The highest BCUT2D eigenvalue weighted by Gasteiger charge is 2.59. The average Bonchev–Trinajstić information content (AvgIpc) is 3.41. The van der Waals surface area contributed by atoms with Crippen molar-refractivity contribution in [2.75, 3.05) is 13.2 Å². The molecule has 1 aromatic rings. The van der Waals surface area contributed by atoms with Gasteiger partial charge in [0.05, 0.1) is 12.0 Å². The van der Waals surface area contributed by atoms with E-state index in [0.29, 0.717) is 18.0 Å². The van der Waals surface area contributed by atoms with Crippen LogP contribution in [0.25, 0.3) is 0 Å². The van der Waals surface area contributed by atoms with E-state index in [2.05, 4.69) is 46.2 Å². The first-order chi connectivity index (χ1) is 14.0. The maximum Gasteiger partial charge on any atom is 0.228 e. The predicted molar refractivity (Wildman–Crippen MR) is 111 cm³/mol. The maximum atomic E-state index is 13.7. The second kappa shape index (κ2) is 8.72. The summed E-state index contributed by atoms with van der Waals surface area (Å²) in [6.07, 6.45) is 8.06. The molecule has 0 aromatic carbocycles. The molecule has 7 heteroatoms. The van der Waals surface area contributed by atoms with Gasteiger partial charge < -0.3 is 10.1 Å². The van der Waals surface area contributed by atoms with Gasteiger partial charge in [-0.05, 0) is 50.9 Å². The Kier molecular flexibility index (Phi) is 6.25. The molecule has 3 saturated heterocycles. The van der Waals surface area contributed by atoms with E-state index in [-0.39, 0.29) is 17.4 Å². The van der Waals surface area contributed by atoms with E-state index in [0.717, 1.165) is 76.4 Å². The molecular weight excluding hydrogens is 366 g/mol. The third-order valence-corrected chi connectivity index (χ3v) is 7.28. The van der Waals surface area contributed by atoms with Gasteiger partial charge in [-0.2, -0.15) is 5.10 Å². The number of hydrogen-bond donors (Lipinski definition) is 2. The molecule has 0 spiro atoms. The van der Waals surface area contributed by atoms with Crippen LogP contribution >= 0.6 is 0 Å². The molecule has 0 radical (unpaired) electrons. The van der Waals surface area contributed by atoms with Crippen molar-refractivity contribution >= 4 is 5.91 Å². The number of H-pyrrole nitrogens is 1. The fourth-order valence-electron chi connectivity index (χ4n) is 5.63. The number of ether oxygens (including phenoxy) is 1. The van der Waals surface area contributed by atoms with E-state index < -0.39 is 0 Å². The molecule has 4 heterocycles. The topological polar surface area (TPSA) is 83.1 Å². The highest BCUT2D eigenvalue weighted by molar-refractivity contribution is 5.84. The van der Waals surface area contributed by atoms with Gasteiger partial charge >= 0.3 is 0 Å². The number of amides is 1. The van der Waals surface area contributed by atoms with Crippen LogP contribution in [0, 0.1) is 11.3 Å². The zero-order valence-corrected chi connectivity index (χ0v) is 18.2. The molecule has 7 nitrogen and oxygen atoms in total. The van der Waals surface area contributed by atoms with Crippen LogP contribution < -0.4 is 5.32 Å². The van der Waals surface area contributed by atoms with E-state index >= 15 is 0 Å². The Morgan fingerprint density at radius 2 is 2.10 bits per heavy atom. The van der Waals surface area contributed by atoms with E-state index in [1.54, 1.807) is 0 Å². The van der Waals surface area contributed by atoms with E-state index in [9.17, 15) is 4.79 Å². The Morgan fingerprint density at radius 1 is 1.31 bits per heavy atom. The summed E-state index contributed by atoms with van der Waals surface area (Å²) in [4.78, 5) is 20.8. The first-order valence-electron chi connectivity index (χ1n) is 11.6. The Hall–Kier alpha value is -1.47. The monoisotopic (exact) mass is 403 g/mol. The summed E-state index contributed by atoms with van der Waals surface area (Å²) in [6.45, 7) is 8.88.